The van der Waals surface area contributed by atoms with Crippen molar-refractivity contribution in [2.45, 2.75) is 18.8 Å². The Balaban J connectivity index is 1.39. The molecule has 0 atom stereocenters. The van der Waals surface area contributed by atoms with Gasteiger partial charge in [-0.1, -0.05) is 23.7 Å². The van der Waals surface area contributed by atoms with Crippen molar-refractivity contribution in [3.63, 3.8) is 0 Å². The molecule has 1 aliphatic heterocycles. The van der Waals surface area contributed by atoms with E-state index in [1.54, 1.807) is 23.6 Å². The van der Waals surface area contributed by atoms with Gasteiger partial charge in [-0.2, -0.15) is 0 Å². The molecular formula is C25H22ClN3O6S. The molecule has 1 fully saturated rings. The highest BCUT2D eigenvalue weighted by atomic mass is 35.5. The lowest BCUT2D eigenvalue weighted by Gasteiger charge is -2.32. The summed E-state index contributed by atoms with van der Waals surface area (Å²) in [5, 5.41) is 16.4. The smallest absolute Gasteiger partial charge is 0.338 e. The Morgan fingerprint density at radius 3 is 2.39 bits per heavy atom. The number of rotatable bonds is 6. The van der Waals surface area contributed by atoms with Gasteiger partial charge in [-0.15, -0.1) is 11.3 Å². The fourth-order valence-electron chi connectivity index (χ4n) is 4.16. The van der Waals surface area contributed by atoms with Crippen LogP contribution in [0.5, 0.6) is 0 Å². The van der Waals surface area contributed by atoms with Crippen LogP contribution in [0.3, 0.4) is 0 Å². The first-order valence-corrected chi connectivity index (χ1v) is 12.3. The molecule has 2 aromatic carbocycles. The summed E-state index contributed by atoms with van der Waals surface area (Å²) in [6, 6.07) is 12.6. The number of carbonyl (C=O) groups is 3. The van der Waals surface area contributed by atoms with E-state index in [4.69, 9.17) is 11.6 Å². The first-order chi connectivity index (χ1) is 17.3. The normalized spacial score (nSPS) is 13.8. The van der Waals surface area contributed by atoms with Crippen molar-refractivity contribution in [2.24, 2.45) is 0 Å². The Labute approximate surface area is 215 Å². The minimum absolute atomic E-state index is 0.0173. The fourth-order valence-corrected chi connectivity index (χ4v) is 5.27. The van der Waals surface area contributed by atoms with Crippen molar-refractivity contribution < 1.29 is 24.0 Å². The molecular weight excluding hydrogens is 506 g/mol. The largest absolute Gasteiger partial charge is 0.465 e. The van der Waals surface area contributed by atoms with E-state index >= 15 is 0 Å². The second-order valence-corrected chi connectivity index (χ2v) is 9.54. The number of amides is 2. The molecule has 1 N–H and O–H groups in total. The molecule has 1 saturated heterocycles. The summed E-state index contributed by atoms with van der Waals surface area (Å²) in [5.74, 6) is -1.17. The SMILES string of the molecule is COC(=O)c1ccc(C(=O)Nc2ccc(C3CCN(C(=O)c4sccc4Cl)CC3)cc2)c([N+](=O)[O-])c1. The second-order valence-electron chi connectivity index (χ2n) is 8.22. The maximum absolute atomic E-state index is 12.7. The van der Waals surface area contributed by atoms with E-state index in [1.165, 1.54) is 30.6 Å². The number of halogens is 1. The molecule has 186 valence electrons. The standard InChI is InChI=1S/C25H22ClN3O6S/c1-35-25(32)17-4-7-19(21(14-17)29(33)34)23(30)27-18-5-2-15(3-6-18)16-8-11-28(12-9-16)24(31)22-20(26)10-13-36-22/h2-7,10,13-14,16H,8-9,11-12H2,1H3,(H,27,30). The van der Waals surface area contributed by atoms with Crippen molar-refractivity contribution in [2.75, 3.05) is 25.5 Å². The van der Waals surface area contributed by atoms with Gasteiger partial charge in [0.1, 0.15) is 10.4 Å². The lowest BCUT2D eigenvalue weighted by molar-refractivity contribution is -0.385. The highest BCUT2D eigenvalue weighted by Gasteiger charge is 2.27. The van der Waals surface area contributed by atoms with E-state index in [0.717, 1.165) is 24.5 Å². The number of nitrogens with zero attached hydrogens (tertiary/aromatic N) is 2. The quantitative estimate of drug-likeness (QED) is 0.261. The van der Waals surface area contributed by atoms with E-state index < -0.39 is 22.5 Å². The number of esters is 1. The van der Waals surface area contributed by atoms with E-state index in [1.807, 2.05) is 17.0 Å². The summed E-state index contributed by atoms with van der Waals surface area (Å²) < 4.78 is 4.58. The first kappa shape index (κ1) is 25.3. The molecule has 2 amide bonds. The third kappa shape index (κ3) is 5.39. The number of benzene rings is 2. The van der Waals surface area contributed by atoms with Crippen LogP contribution < -0.4 is 5.32 Å². The molecule has 36 heavy (non-hydrogen) atoms. The summed E-state index contributed by atoms with van der Waals surface area (Å²) in [6.07, 6.45) is 1.61. The Bertz CT molecular complexity index is 1320. The number of hydrogen-bond acceptors (Lipinski definition) is 7. The highest BCUT2D eigenvalue weighted by molar-refractivity contribution is 7.12. The molecule has 0 aliphatic carbocycles. The predicted molar refractivity (Wildman–Crippen MR) is 136 cm³/mol. The number of nitro groups is 1. The van der Waals surface area contributed by atoms with Gasteiger partial charge in [0.15, 0.2) is 0 Å². The Morgan fingerprint density at radius 2 is 1.81 bits per heavy atom. The van der Waals surface area contributed by atoms with Crippen molar-refractivity contribution in [3.8, 4) is 0 Å². The zero-order valence-corrected chi connectivity index (χ0v) is 20.8. The van der Waals surface area contributed by atoms with Gasteiger partial charge in [-0.3, -0.25) is 19.7 Å². The van der Waals surface area contributed by atoms with Crippen LogP contribution in [-0.2, 0) is 4.74 Å². The number of ether oxygens (including phenoxy) is 1. The molecule has 4 rings (SSSR count). The number of nitro benzene ring substituents is 1. The first-order valence-electron chi connectivity index (χ1n) is 11.1. The number of thiophene rings is 1. The zero-order valence-electron chi connectivity index (χ0n) is 19.2. The number of anilines is 1. The highest BCUT2D eigenvalue weighted by Crippen LogP contribution is 2.31. The molecule has 0 unspecified atom stereocenters. The monoisotopic (exact) mass is 527 g/mol. The third-order valence-corrected chi connectivity index (χ3v) is 7.42. The summed E-state index contributed by atoms with van der Waals surface area (Å²) in [7, 11) is 1.17. The van der Waals surface area contributed by atoms with Crippen molar-refractivity contribution in [3.05, 3.63) is 90.6 Å². The van der Waals surface area contributed by atoms with Gasteiger partial charge >= 0.3 is 5.97 Å². The van der Waals surface area contributed by atoms with Crippen LogP contribution in [0.4, 0.5) is 11.4 Å². The van der Waals surface area contributed by atoms with Crippen LogP contribution in [0.1, 0.15) is 54.7 Å². The molecule has 1 aliphatic rings. The van der Waals surface area contributed by atoms with Crippen LogP contribution in [0.25, 0.3) is 0 Å². The van der Waals surface area contributed by atoms with Crippen LogP contribution in [0, 0.1) is 10.1 Å². The van der Waals surface area contributed by atoms with Crippen LogP contribution >= 0.6 is 22.9 Å². The van der Waals surface area contributed by atoms with Crippen LogP contribution in [-0.4, -0.2) is 47.8 Å². The van der Waals surface area contributed by atoms with E-state index in [9.17, 15) is 24.5 Å². The molecule has 0 saturated carbocycles. The number of hydrogen-bond donors (Lipinski definition) is 1. The summed E-state index contributed by atoms with van der Waals surface area (Å²) >= 11 is 7.44. The predicted octanol–water partition coefficient (Wildman–Crippen LogP) is 5.37. The number of piperidine rings is 1. The van der Waals surface area contributed by atoms with Crippen molar-refractivity contribution >= 4 is 52.1 Å². The summed E-state index contributed by atoms with van der Waals surface area (Å²) in [6.45, 7) is 1.25. The molecule has 2 heterocycles. The third-order valence-electron chi connectivity index (χ3n) is 6.09. The fraction of sp³-hybridized carbons (Fsp3) is 0.240. The minimum Gasteiger partial charge on any atom is -0.465 e. The minimum atomic E-state index is -0.730. The number of likely N-dealkylation sites (tertiary alicyclic amines) is 1. The molecule has 0 spiro atoms. The average molecular weight is 528 g/mol. The zero-order chi connectivity index (χ0) is 25.8. The Kier molecular flexibility index (Phi) is 7.66. The lowest BCUT2D eigenvalue weighted by Crippen LogP contribution is -2.37. The van der Waals surface area contributed by atoms with E-state index in [-0.39, 0.29) is 23.0 Å². The van der Waals surface area contributed by atoms with Crippen molar-refractivity contribution in [1.29, 1.82) is 0 Å². The Morgan fingerprint density at radius 1 is 1.11 bits per heavy atom. The van der Waals surface area contributed by atoms with Crippen LogP contribution in [0.2, 0.25) is 5.02 Å². The molecule has 0 bridgehead atoms. The van der Waals surface area contributed by atoms with E-state index in [2.05, 4.69) is 10.1 Å². The van der Waals surface area contributed by atoms with Gasteiger partial charge in [0, 0.05) is 24.8 Å². The van der Waals surface area contributed by atoms with Gasteiger partial charge in [0.2, 0.25) is 0 Å². The maximum Gasteiger partial charge on any atom is 0.338 e. The number of nitrogens with one attached hydrogen (secondary N) is 1. The summed E-state index contributed by atoms with van der Waals surface area (Å²) in [4.78, 5) is 50.2. The second kappa shape index (κ2) is 10.9. The van der Waals surface area contributed by atoms with Gasteiger partial charge in [-0.25, -0.2) is 4.79 Å². The van der Waals surface area contributed by atoms with Gasteiger partial charge in [0.25, 0.3) is 17.5 Å². The lowest BCUT2D eigenvalue weighted by atomic mass is 9.89. The Hall–Kier alpha value is -3.76. The molecule has 1 aromatic heterocycles. The molecule has 11 heteroatoms. The molecule has 0 radical (unpaired) electrons. The number of carbonyl (C=O) groups excluding carboxylic acids is 3. The molecule has 9 nitrogen and oxygen atoms in total. The van der Waals surface area contributed by atoms with E-state index in [0.29, 0.717) is 28.7 Å². The summed E-state index contributed by atoms with van der Waals surface area (Å²) in [5.41, 5.74) is 0.894. The topological polar surface area (TPSA) is 119 Å². The maximum atomic E-state index is 12.7. The van der Waals surface area contributed by atoms with Gasteiger partial charge in [0.05, 0.1) is 22.6 Å². The average Bonchev–Trinajstić information content (AvgIpc) is 3.33. The van der Waals surface area contributed by atoms with Gasteiger partial charge < -0.3 is 15.0 Å². The molecule has 3 aromatic rings. The number of methoxy groups -OCH3 is 1. The van der Waals surface area contributed by atoms with Crippen molar-refractivity contribution in [1.82, 2.24) is 4.90 Å². The van der Waals surface area contributed by atoms with Crippen LogP contribution in [0.15, 0.2) is 53.9 Å². The van der Waals surface area contributed by atoms with Gasteiger partial charge in [-0.05, 0) is 60.0 Å².